The van der Waals surface area contributed by atoms with Crippen molar-refractivity contribution in [2.45, 2.75) is 6.54 Å². The van der Waals surface area contributed by atoms with E-state index in [2.05, 4.69) is 23.4 Å². The van der Waals surface area contributed by atoms with Crippen LogP contribution in [-0.2, 0) is 6.54 Å². The minimum atomic E-state index is 0.151. The summed E-state index contributed by atoms with van der Waals surface area (Å²) in [5.74, 6) is 1.27. The Labute approximate surface area is 106 Å². The molecule has 0 unspecified atom stereocenters. The number of benzene rings is 1. The first-order valence-corrected chi connectivity index (χ1v) is 6.81. The standard InChI is InChI=1S/C12H19N3OS/c1-15(6-7-17-2)9-10-4-3-5-11(8-10)12(13)14-16/h3-5,8,16H,6-7,9H2,1-2H3,(H2,13,14). The molecular formula is C12H19N3OS. The van der Waals surface area contributed by atoms with Gasteiger partial charge in [0.15, 0.2) is 5.84 Å². The number of thioether (sulfide) groups is 1. The van der Waals surface area contributed by atoms with Gasteiger partial charge in [-0.05, 0) is 24.9 Å². The Morgan fingerprint density at radius 1 is 1.53 bits per heavy atom. The van der Waals surface area contributed by atoms with Gasteiger partial charge in [-0.3, -0.25) is 0 Å². The summed E-state index contributed by atoms with van der Waals surface area (Å²) in [7, 11) is 2.09. The fourth-order valence-electron chi connectivity index (χ4n) is 1.52. The molecule has 0 bridgehead atoms. The molecule has 0 atom stereocenters. The molecule has 0 amide bonds. The summed E-state index contributed by atoms with van der Waals surface area (Å²) in [6.45, 7) is 1.92. The van der Waals surface area contributed by atoms with Crippen molar-refractivity contribution in [3.05, 3.63) is 35.4 Å². The number of nitrogens with zero attached hydrogens (tertiary/aromatic N) is 2. The second kappa shape index (κ2) is 7.19. The van der Waals surface area contributed by atoms with E-state index in [0.29, 0.717) is 0 Å². The third kappa shape index (κ3) is 4.66. The summed E-state index contributed by atoms with van der Waals surface area (Å²) in [6.07, 6.45) is 2.10. The van der Waals surface area contributed by atoms with Gasteiger partial charge in [0.05, 0.1) is 0 Å². The highest BCUT2D eigenvalue weighted by Crippen LogP contribution is 2.08. The van der Waals surface area contributed by atoms with E-state index in [4.69, 9.17) is 10.9 Å². The Kier molecular flexibility index (Phi) is 5.86. The van der Waals surface area contributed by atoms with Crippen molar-refractivity contribution in [3.63, 3.8) is 0 Å². The highest BCUT2D eigenvalue weighted by molar-refractivity contribution is 7.98. The van der Waals surface area contributed by atoms with Crippen LogP contribution in [0.25, 0.3) is 0 Å². The lowest BCUT2D eigenvalue weighted by Crippen LogP contribution is -2.21. The summed E-state index contributed by atoms with van der Waals surface area (Å²) >= 11 is 1.84. The zero-order valence-corrected chi connectivity index (χ0v) is 11.1. The summed E-state index contributed by atoms with van der Waals surface area (Å²) in [5, 5.41) is 11.6. The minimum Gasteiger partial charge on any atom is -0.409 e. The molecule has 94 valence electrons. The van der Waals surface area contributed by atoms with Gasteiger partial charge in [0.1, 0.15) is 0 Å². The molecule has 0 heterocycles. The first-order chi connectivity index (χ1) is 8.17. The molecule has 1 aromatic carbocycles. The number of rotatable bonds is 6. The Morgan fingerprint density at radius 3 is 2.94 bits per heavy atom. The molecule has 3 N–H and O–H groups in total. The first kappa shape index (κ1) is 13.9. The lowest BCUT2D eigenvalue weighted by molar-refractivity contribution is 0.318. The molecule has 0 aliphatic rings. The van der Waals surface area contributed by atoms with Gasteiger partial charge in [-0.1, -0.05) is 23.4 Å². The van der Waals surface area contributed by atoms with Crippen LogP contribution in [0.2, 0.25) is 0 Å². The topological polar surface area (TPSA) is 61.8 Å². The van der Waals surface area contributed by atoms with Gasteiger partial charge in [0.25, 0.3) is 0 Å². The van der Waals surface area contributed by atoms with Crippen LogP contribution in [0.4, 0.5) is 0 Å². The molecule has 0 aliphatic carbocycles. The average molecular weight is 253 g/mol. The molecule has 1 aromatic rings. The molecule has 0 radical (unpaired) electrons. The van der Waals surface area contributed by atoms with Crippen molar-refractivity contribution >= 4 is 17.6 Å². The smallest absolute Gasteiger partial charge is 0.170 e. The van der Waals surface area contributed by atoms with Crippen LogP contribution in [0.1, 0.15) is 11.1 Å². The molecule has 1 rings (SSSR count). The number of hydrogen-bond acceptors (Lipinski definition) is 4. The van der Waals surface area contributed by atoms with Crippen LogP contribution in [0.5, 0.6) is 0 Å². The third-order valence-corrected chi connectivity index (χ3v) is 3.05. The molecule has 0 aliphatic heterocycles. The highest BCUT2D eigenvalue weighted by Gasteiger charge is 2.03. The van der Waals surface area contributed by atoms with Crippen LogP contribution in [0.3, 0.4) is 0 Å². The van der Waals surface area contributed by atoms with E-state index < -0.39 is 0 Å². The van der Waals surface area contributed by atoms with E-state index in [-0.39, 0.29) is 5.84 Å². The summed E-state index contributed by atoms with van der Waals surface area (Å²) in [6, 6.07) is 7.75. The summed E-state index contributed by atoms with van der Waals surface area (Å²) in [5.41, 5.74) is 7.47. The quantitative estimate of drug-likeness (QED) is 0.350. The largest absolute Gasteiger partial charge is 0.409 e. The van der Waals surface area contributed by atoms with E-state index in [1.54, 1.807) is 0 Å². The molecule has 4 nitrogen and oxygen atoms in total. The van der Waals surface area contributed by atoms with Crippen molar-refractivity contribution in [2.75, 3.05) is 25.6 Å². The predicted octanol–water partition coefficient (Wildman–Crippen LogP) is 1.58. The van der Waals surface area contributed by atoms with Crippen molar-refractivity contribution in [3.8, 4) is 0 Å². The normalized spacial score (nSPS) is 12.1. The lowest BCUT2D eigenvalue weighted by atomic mass is 10.1. The van der Waals surface area contributed by atoms with Gasteiger partial charge in [-0.15, -0.1) is 0 Å². The number of nitrogens with two attached hydrogens (primary N) is 1. The second-order valence-corrected chi connectivity index (χ2v) is 4.90. The predicted molar refractivity (Wildman–Crippen MR) is 73.7 cm³/mol. The first-order valence-electron chi connectivity index (χ1n) is 5.41. The Morgan fingerprint density at radius 2 is 2.29 bits per heavy atom. The summed E-state index contributed by atoms with van der Waals surface area (Å²) < 4.78 is 0. The molecule has 17 heavy (non-hydrogen) atoms. The van der Waals surface area contributed by atoms with Gasteiger partial charge in [0, 0.05) is 24.4 Å². The zero-order chi connectivity index (χ0) is 12.7. The van der Waals surface area contributed by atoms with E-state index >= 15 is 0 Å². The lowest BCUT2D eigenvalue weighted by Gasteiger charge is -2.16. The van der Waals surface area contributed by atoms with Crippen molar-refractivity contribution in [2.24, 2.45) is 10.9 Å². The monoisotopic (exact) mass is 253 g/mol. The van der Waals surface area contributed by atoms with E-state index in [1.807, 2.05) is 36.0 Å². The molecule has 0 fully saturated rings. The van der Waals surface area contributed by atoms with Gasteiger partial charge in [0.2, 0.25) is 0 Å². The zero-order valence-electron chi connectivity index (χ0n) is 10.3. The fourth-order valence-corrected chi connectivity index (χ4v) is 2.02. The minimum absolute atomic E-state index is 0.151. The van der Waals surface area contributed by atoms with Crippen LogP contribution in [-0.4, -0.2) is 41.5 Å². The number of amidine groups is 1. The van der Waals surface area contributed by atoms with Crippen LogP contribution < -0.4 is 5.73 Å². The van der Waals surface area contributed by atoms with Gasteiger partial charge >= 0.3 is 0 Å². The molecule has 0 spiro atoms. The van der Waals surface area contributed by atoms with Crippen molar-refractivity contribution < 1.29 is 5.21 Å². The van der Waals surface area contributed by atoms with Crippen LogP contribution >= 0.6 is 11.8 Å². The number of hydrogen-bond donors (Lipinski definition) is 2. The molecule has 0 aromatic heterocycles. The average Bonchev–Trinajstić information content (AvgIpc) is 2.35. The molecule has 0 saturated heterocycles. The Hall–Kier alpha value is -1.20. The molecular weight excluding hydrogens is 234 g/mol. The van der Waals surface area contributed by atoms with E-state index in [9.17, 15) is 0 Å². The molecule has 0 saturated carbocycles. The molecule has 5 heteroatoms. The maximum Gasteiger partial charge on any atom is 0.170 e. The van der Waals surface area contributed by atoms with Crippen LogP contribution in [0.15, 0.2) is 29.4 Å². The summed E-state index contributed by atoms with van der Waals surface area (Å²) in [4.78, 5) is 2.25. The third-order valence-electron chi connectivity index (χ3n) is 2.46. The fraction of sp³-hybridized carbons (Fsp3) is 0.417. The maximum absolute atomic E-state index is 8.63. The maximum atomic E-state index is 8.63. The van der Waals surface area contributed by atoms with E-state index in [0.717, 1.165) is 30.0 Å². The van der Waals surface area contributed by atoms with Gasteiger partial charge in [-0.2, -0.15) is 11.8 Å². The SMILES string of the molecule is CSCCN(C)Cc1cccc(/C(N)=N/O)c1. The van der Waals surface area contributed by atoms with E-state index in [1.165, 1.54) is 0 Å². The highest BCUT2D eigenvalue weighted by atomic mass is 32.2. The Bertz CT molecular complexity index is 382. The van der Waals surface area contributed by atoms with Crippen molar-refractivity contribution in [1.29, 1.82) is 0 Å². The van der Waals surface area contributed by atoms with Gasteiger partial charge < -0.3 is 15.8 Å². The Balaban J connectivity index is 2.65. The van der Waals surface area contributed by atoms with Gasteiger partial charge in [-0.25, -0.2) is 0 Å². The van der Waals surface area contributed by atoms with Crippen LogP contribution in [0, 0.1) is 0 Å². The number of oxime groups is 1. The van der Waals surface area contributed by atoms with Crippen molar-refractivity contribution in [1.82, 2.24) is 4.90 Å². The second-order valence-electron chi connectivity index (χ2n) is 3.92.